The van der Waals surface area contributed by atoms with Crippen LogP contribution in [0.2, 0.25) is 0 Å². The van der Waals surface area contributed by atoms with Gasteiger partial charge in [-0.2, -0.15) is 0 Å². The van der Waals surface area contributed by atoms with Crippen molar-refractivity contribution < 1.29 is 0 Å². The van der Waals surface area contributed by atoms with Crippen molar-refractivity contribution in [3.63, 3.8) is 0 Å². The Morgan fingerprint density at radius 3 is 1.75 bits per heavy atom. The average molecular weight is 377 g/mol. The number of hydrogen-bond donors (Lipinski definition) is 0. The first-order chi connectivity index (χ1) is 13.8. The van der Waals surface area contributed by atoms with E-state index in [0.29, 0.717) is 0 Å². The minimum atomic E-state index is 0.979. The summed E-state index contributed by atoms with van der Waals surface area (Å²) >= 11 is 0. The van der Waals surface area contributed by atoms with Gasteiger partial charge < -0.3 is 0 Å². The molecule has 0 amide bonds. The molecule has 1 aliphatic rings. The third kappa shape index (κ3) is 7.12. The van der Waals surface area contributed by atoms with Gasteiger partial charge in [-0.05, 0) is 53.9 Å². The van der Waals surface area contributed by atoms with Crippen molar-refractivity contribution in [3.8, 4) is 11.1 Å². The van der Waals surface area contributed by atoms with E-state index >= 15 is 0 Å². The van der Waals surface area contributed by atoms with E-state index in [4.69, 9.17) is 0 Å². The van der Waals surface area contributed by atoms with Crippen LogP contribution in [0.5, 0.6) is 0 Å². The fourth-order valence-corrected chi connectivity index (χ4v) is 4.68. The van der Waals surface area contributed by atoms with Gasteiger partial charge in [-0.15, -0.1) is 0 Å². The van der Waals surface area contributed by atoms with Crippen LogP contribution >= 0.6 is 0 Å². The Balaban J connectivity index is 1.43. The minimum absolute atomic E-state index is 0.979. The van der Waals surface area contributed by atoms with E-state index < -0.39 is 0 Å². The van der Waals surface area contributed by atoms with Crippen molar-refractivity contribution in [1.29, 1.82) is 0 Å². The summed E-state index contributed by atoms with van der Waals surface area (Å²) in [5, 5.41) is 0. The zero-order valence-electron chi connectivity index (χ0n) is 18.1. The maximum atomic E-state index is 2.35. The van der Waals surface area contributed by atoms with Crippen molar-refractivity contribution in [1.82, 2.24) is 0 Å². The van der Waals surface area contributed by atoms with Gasteiger partial charge in [-0.3, -0.25) is 0 Å². The third-order valence-electron chi connectivity index (χ3n) is 6.63. The molecule has 0 unspecified atom stereocenters. The lowest BCUT2D eigenvalue weighted by Crippen LogP contribution is -2.07. The molecule has 0 saturated heterocycles. The maximum Gasteiger partial charge on any atom is -0.0184 e. The molecule has 0 heterocycles. The Morgan fingerprint density at radius 1 is 0.607 bits per heavy atom. The SMILES string of the molecule is CCCCCCCCc1ccc(-c2ccc(CCC3CCCCC3)cc2)cc1. The topological polar surface area (TPSA) is 0 Å². The lowest BCUT2D eigenvalue weighted by molar-refractivity contribution is 0.339. The second-order valence-corrected chi connectivity index (χ2v) is 8.95. The van der Waals surface area contributed by atoms with Crippen LogP contribution in [0, 0.1) is 5.92 Å². The Morgan fingerprint density at radius 2 is 1.14 bits per heavy atom. The smallest absolute Gasteiger partial charge is 0.0184 e. The monoisotopic (exact) mass is 376 g/mol. The summed E-state index contributed by atoms with van der Waals surface area (Å²) < 4.78 is 0. The predicted octanol–water partition coefficient (Wildman–Crippen LogP) is 8.77. The van der Waals surface area contributed by atoms with Gasteiger partial charge in [0, 0.05) is 0 Å². The Kier molecular flexibility index (Phi) is 9.14. The van der Waals surface area contributed by atoms with Gasteiger partial charge in [0.2, 0.25) is 0 Å². The van der Waals surface area contributed by atoms with E-state index in [-0.39, 0.29) is 0 Å². The zero-order valence-corrected chi connectivity index (χ0v) is 18.1. The quantitative estimate of drug-likeness (QED) is 0.344. The first-order valence-electron chi connectivity index (χ1n) is 12.0. The minimum Gasteiger partial charge on any atom is -0.0654 e. The summed E-state index contributed by atoms with van der Waals surface area (Å²) in [6.07, 6.45) is 19.4. The second-order valence-electron chi connectivity index (χ2n) is 8.95. The van der Waals surface area contributed by atoms with Crippen molar-refractivity contribution >= 4 is 0 Å². The summed E-state index contributed by atoms with van der Waals surface area (Å²) in [6, 6.07) is 18.6. The van der Waals surface area contributed by atoms with E-state index in [1.54, 1.807) is 0 Å². The first-order valence-corrected chi connectivity index (χ1v) is 12.0. The molecule has 1 fully saturated rings. The first kappa shape index (κ1) is 21.2. The van der Waals surface area contributed by atoms with Gasteiger partial charge in [0.15, 0.2) is 0 Å². The molecule has 0 radical (unpaired) electrons. The van der Waals surface area contributed by atoms with Crippen molar-refractivity contribution in [3.05, 3.63) is 59.7 Å². The number of hydrogen-bond acceptors (Lipinski definition) is 0. The van der Waals surface area contributed by atoms with E-state index in [2.05, 4.69) is 55.5 Å². The molecule has 152 valence electrons. The molecule has 0 spiro atoms. The number of unbranched alkanes of at least 4 members (excludes halogenated alkanes) is 5. The largest absolute Gasteiger partial charge is 0.0654 e. The number of rotatable bonds is 11. The molecule has 0 aliphatic heterocycles. The van der Waals surface area contributed by atoms with Crippen LogP contribution in [0.15, 0.2) is 48.5 Å². The second kappa shape index (κ2) is 12.1. The van der Waals surface area contributed by atoms with Gasteiger partial charge in [-0.25, -0.2) is 0 Å². The molecule has 0 nitrogen and oxygen atoms in total. The highest BCUT2D eigenvalue weighted by atomic mass is 14.2. The van der Waals surface area contributed by atoms with Crippen LogP contribution in [-0.4, -0.2) is 0 Å². The normalized spacial score (nSPS) is 15.0. The molecule has 2 aromatic rings. The molecule has 0 N–H and O–H groups in total. The molecule has 28 heavy (non-hydrogen) atoms. The van der Waals surface area contributed by atoms with Crippen molar-refractivity contribution in [2.24, 2.45) is 5.92 Å². The van der Waals surface area contributed by atoms with Crippen LogP contribution < -0.4 is 0 Å². The van der Waals surface area contributed by atoms with E-state index in [1.807, 2.05) is 0 Å². The average Bonchev–Trinajstić information content (AvgIpc) is 2.76. The fraction of sp³-hybridized carbons (Fsp3) is 0.571. The summed E-state index contributed by atoms with van der Waals surface area (Å²) in [6.45, 7) is 2.28. The summed E-state index contributed by atoms with van der Waals surface area (Å²) in [5.41, 5.74) is 5.70. The molecule has 0 heteroatoms. The molecule has 1 aliphatic carbocycles. The van der Waals surface area contributed by atoms with Gasteiger partial charge in [-0.1, -0.05) is 120 Å². The van der Waals surface area contributed by atoms with Gasteiger partial charge in [0.1, 0.15) is 0 Å². The lowest BCUT2D eigenvalue weighted by atomic mass is 9.85. The Hall–Kier alpha value is -1.56. The summed E-state index contributed by atoms with van der Waals surface area (Å²) in [4.78, 5) is 0. The maximum absolute atomic E-state index is 2.35. The van der Waals surface area contributed by atoms with Gasteiger partial charge >= 0.3 is 0 Å². The molecular weight excluding hydrogens is 336 g/mol. The lowest BCUT2D eigenvalue weighted by Gasteiger charge is -2.21. The van der Waals surface area contributed by atoms with Gasteiger partial charge in [0.25, 0.3) is 0 Å². The zero-order chi connectivity index (χ0) is 19.4. The molecule has 0 bridgehead atoms. The fourth-order valence-electron chi connectivity index (χ4n) is 4.68. The molecule has 1 saturated carbocycles. The standard InChI is InChI=1S/C28H40/c1-2-3-4-5-6-8-13-25-16-20-27(21-17-25)28-22-18-26(19-23-28)15-14-24-11-9-7-10-12-24/h16-24H,2-15H2,1H3. The van der Waals surface area contributed by atoms with Crippen LogP contribution in [0.3, 0.4) is 0 Å². The highest BCUT2D eigenvalue weighted by Gasteiger charge is 2.13. The predicted molar refractivity (Wildman–Crippen MR) is 124 cm³/mol. The molecule has 3 rings (SSSR count). The van der Waals surface area contributed by atoms with Gasteiger partial charge in [0.05, 0.1) is 0 Å². The van der Waals surface area contributed by atoms with Crippen LogP contribution in [0.25, 0.3) is 11.1 Å². The van der Waals surface area contributed by atoms with Crippen molar-refractivity contribution in [2.45, 2.75) is 96.8 Å². The molecule has 0 atom stereocenters. The van der Waals surface area contributed by atoms with E-state index in [9.17, 15) is 0 Å². The summed E-state index contributed by atoms with van der Waals surface area (Å²) in [7, 11) is 0. The summed E-state index contributed by atoms with van der Waals surface area (Å²) in [5.74, 6) is 0.979. The molecular formula is C28H40. The Labute approximate surface area is 173 Å². The highest BCUT2D eigenvalue weighted by molar-refractivity contribution is 5.63. The van der Waals surface area contributed by atoms with E-state index in [1.165, 1.54) is 112 Å². The van der Waals surface area contributed by atoms with Crippen LogP contribution in [0.4, 0.5) is 0 Å². The van der Waals surface area contributed by atoms with Crippen molar-refractivity contribution in [2.75, 3.05) is 0 Å². The third-order valence-corrected chi connectivity index (χ3v) is 6.63. The highest BCUT2D eigenvalue weighted by Crippen LogP contribution is 2.28. The molecule has 0 aromatic heterocycles. The van der Waals surface area contributed by atoms with E-state index in [0.717, 1.165) is 5.92 Å². The Bertz CT molecular complexity index is 643. The number of benzene rings is 2. The molecule has 2 aromatic carbocycles. The van der Waals surface area contributed by atoms with Crippen LogP contribution in [-0.2, 0) is 12.8 Å². The van der Waals surface area contributed by atoms with Crippen LogP contribution in [0.1, 0.15) is 95.1 Å². The number of aryl methyl sites for hydroxylation is 2.